The van der Waals surface area contributed by atoms with E-state index in [1.807, 2.05) is 0 Å². The van der Waals surface area contributed by atoms with E-state index in [-0.39, 0.29) is 29.5 Å². The molecule has 0 saturated carbocycles. The van der Waals surface area contributed by atoms with Crippen molar-refractivity contribution in [1.82, 2.24) is 14.5 Å². The fourth-order valence-corrected chi connectivity index (χ4v) is 5.83. The third-order valence-corrected chi connectivity index (χ3v) is 7.67. The number of carbonyl (C=O) groups excluding carboxylic acids is 1. The minimum absolute atomic E-state index is 0.0883. The van der Waals surface area contributed by atoms with E-state index in [0.717, 1.165) is 53.8 Å². The Hall–Kier alpha value is -2.52. The molecule has 3 aliphatic rings. The van der Waals surface area contributed by atoms with Crippen molar-refractivity contribution in [3.05, 3.63) is 50.9 Å². The van der Waals surface area contributed by atoms with Gasteiger partial charge >= 0.3 is 0 Å². The van der Waals surface area contributed by atoms with Crippen LogP contribution in [0.3, 0.4) is 0 Å². The second-order valence-electron chi connectivity index (χ2n) is 8.17. The van der Waals surface area contributed by atoms with Crippen LogP contribution in [0, 0.1) is 0 Å². The molecule has 0 fully saturated rings. The SMILES string of the molecule is O=C1CCc2cc(S(=O)(=O)NCCn3nc4c(cc3=O)CCCC4)cc3c2N1CC3. The fraction of sp³-hybridized carbons (Fsp3) is 0.476. The molecule has 158 valence electrons. The molecule has 0 spiro atoms. The summed E-state index contributed by atoms with van der Waals surface area (Å²) in [7, 11) is -3.72. The first-order valence-electron chi connectivity index (χ1n) is 10.5. The van der Waals surface area contributed by atoms with Crippen LogP contribution in [0.25, 0.3) is 0 Å². The van der Waals surface area contributed by atoms with Gasteiger partial charge in [0.1, 0.15) is 0 Å². The molecule has 1 aliphatic carbocycles. The van der Waals surface area contributed by atoms with Crippen LogP contribution in [0.2, 0.25) is 0 Å². The Kier molecular flexibility index (Phi) is 4.74. The van der Waals surface area contributed by atoms with Crippen LogP contribution < -0.4 is 15.2 Å². The van der Waals surface area contributed by atoms with Crippen LogP contribution in [0.5, 0.6) is 0 Å². The van der Waals surface area contributed by atoms with Gasteiger partial charge in [-0.05, 0) is 67.3 Å². The summed E-state index contributed by atoms with van der Waals surface area (Å²) in [6, 6.07) is 4.98. The number of aromatic nitrogens is 2. The molecular weight excluding hydrogens is 404 g/mol. The number of aryl methyl sites for hydroxylation is 3. The van der Waals surface area contributed by atoms with Gasteiger partial charge in [0.05, 0.1) is 22.8 Å². The number of nitrogens with one attached hydrogen (secondary N) is 1. The van der Waals surface area contributed by atoms with E-state index >= 15 is 0 Å². The molecule has 0 saturated heterocycles. The smallest absolute Gasteiger partial charge is 0.267 e. The number of fused-ring (bicyclic) bond motifs is 1. The van der Waals surface area contributed by atoms with Crippen LogP contribution in [0.15, 0.2) is 27.9 Å². The summed E-state index contributed by atoms with van der Waals surface area (Å²) in [5.41, 5.74) is 4.49. The summed E-state index contributed by atoms with van der Waals surface area (Å²) in [4.78, 5) is 26.3. The molecular formula is C21H24N4O4S. The van der Waals surface area contributed by atoms with Gasteiger partial charge in [-0.1, -0.05) is 0 Å². The first kappa shape index (κ1) is 19.4. The van der Waals surface area contributed by atoms with Crippen molar-refractivity contribution in [2.24, 2.45) is 0 Å². The molecule has 1 aromatic carbocycles. The average molecular weight is 429 g/mol. The van der Waals surface area contributed by atoms with Crippen LogP contribution in [-0.4, -0.2) is 37.2 Å². The Morgan fingerprint density at radius 3 is 2.53 bits per heavy atom. The van der Waals surface area contributed by atoms with Gasteiger partial charge in [0.15, 0.2) is 0 Å². The van der Waals surface area contributed by atoms with Crippen molar-refractivity contribution in [3.63, 3.8) is 0 Å². The second kappa shape index (κ2) is 7.31. The zero-order chi connectivity index (χ0) is 20.9. The van der Waals surface area contributed by atoms with E-state index in [1.54, 1.807) is 23.1 Å². The van der Waals surface area contributed by atoms with Crippen molar-refractivity contribution in [2.75, 3.05) is 18.0 Å². The highest BCUT2D eigenvalue weighted by Crippen LogP contribution is 2.38. The first-order valence-corrected chi connectivity index (χ1v) is 12.0. The van der Waals surface area contributed by atoms with Gasteiger partial charge in [-0.25, -0.2) is 17.8 Å². The summed E-state index contributed by atoms with van der Waals surface area (Å²) in [5.74, 6) is 0.109. The Bertz CT molecular complexity index is 1200. The summed E-state index contributed by atoms with van der Waals surface area (Å²) < 4.78 is 29.7. The standard InChI is InChI=1S/C21H24N4O4S/c26-19-6-5-15-11-17(12-16-7-9-24(19)21(15)16)30(28,29)22-8-10-25-20(27)13-14-3-1-2-4-18(14)23-25/h11-13,22H,1-10H2. The lowest BCUT2D eigenvalue weighted by Gasteiger charge is -2.25. The molecule has 2 aromatic rings. The van der Waals surface area contributed by atoms with Gasteiger partial charge in [-0.3, -0.25) is 9.59 Å². The van der Waals surface area contributed by atoms with Crippen molar-refractivity contribution in [1.29, 1.82) is 0 Å². The molecule has 1 amide bonds. The summed E-state index contributed by atoms with van der Waals surface area (Å²) in [6.07, 6.45) is 5.53. The molecule has 30 heavy (non-hydrogen) atoms. The highest BCUT2D eigenvalue weighted by atomic mass is 32.2. The number of amides is 1. The quantitative estimate of drug-likeness (QED) is 0.764. The minimum Gasteiger partial charge on any atom is -0.312 e. The Morgan fingerprint density at radius 2 is 1.70 bits per heavy atom. The second-order valence-corrected chi connectivity index (χ2v) is 9.93. The van der Waals surface area contributed by atoms with Gasteiger partial charge in [-0.15, -0.1) is 0 Å². The molecule has 8 nitrogen and oxygen atoms in total. The fourth-order valence-electron chi connectivity index (χ4n) is 4.71. The topological polar surface area (TPSA) is 101 Å². The van der Waals surface area contributed by atoms with E-state index < -0.39 is 10.0 Å². The van der Waals surface area contributed by atoms with E-state index in [0.29, 0.717) is 25.8 Å². The van der Waals surface area contributed by atoms with Gasteiger partial charge in [0, 0.05) is 25.6 Å². The number of hydrogen-bond acceptors (Lipinski definition) is 5. The third kappa shape index (κ3) is 3.35. The molecule has 9 heteroatoms. The Morgan fingerprint density at radius 1 is 0.933 bits per heavy atom. The number of sulfonamides is 1. The number of nitrogens with zero attached hydrogens (tertiary/aromatic N) is 3. The molecule has 0 atom stereocenters. The zero-order valence-electron chi connectivity index (χ0n) is 16.7. The van der Waals surface area contributed by atoms with E-state index in [2.05, 4.69) is 9.82 Å². The van der Waals surface area contributed by atoms with E-state index in [1.165, 1.54) is 4.68 Å². The number of rotatable bonds is 5. The number of benzene rings is 1. The maximum absolute atomic E-state index is 12.9. The molecule has 3 heterocycles. The van der Waals surface area contributed by atoms with Crippen LogP contribution >= 0.6 is 0 Å². The lowest BCUT2D eigenvalue weighted by atomic mass is 9.97. The van der Waals surface area contributed by atoms with Crippen molar-refractivity contribution >= 4 is 21.6 Å². The monoisotopic (exact) mass is 428 g/mol. The lowest BCUT2D eigenvalue weighted by molar-refractivity contribution is -0.118. The number of anilines is 1. The van der Waals surface area contributed by atoms with Crippen molar-refractivity contribution in [2.45, 2.75) is 56.4 Å². The molecule has 1 N–H and O–H groups in total. The third-order valence-electron chi connectivity index (χ3n) is 6.23. The highest BCUT2D eigenvalue weighted by Gasteiger charge is 2.32. The van der Waals surface area contributed by atoms with Crippen LogP contribution in [-0.2, 0) is 47.0 Å². The van der Waals surface area contributed by atoms with Crippen molar-refractivity contribution in [3.8, 4) is 0 Å². The molecule has 1 aromatic heterocycles. The summed E-state index contributed by atoms with van der Waals surface area (Å²) in [6.45, 7) is 0.890. The van der Waals surface area contributed by atoms with Gasteiger partial charge in [0.25, 0.3) is 5.56 Å². The van der Waals surface area contributed by atoms with E-state index in [4.69, 9.17) is 0 Å². The minimum atomic E-state index is -3.72. The molecule has 0 unspecified atom stereocenters. The van der Waals surface area contributed by atoms with Crippen LogP contribution in [0.4, 0.5) is 5.69 Å². The molecule has 0 bridgehead atoms. The first-order chi connectivity index (χ1) is 14.4. The Balaban J connectivity index is 1.33. The molecule has 0 radical (unpaired) electrons. The maximum Gasteiger partial charge on any atom is 0.267 e. The van der Waals surface area contributed by atoms with Gasteiger partial charge < -0.3 is 4.90 Å². The molecule has 5 rings (SSSR count). The number of hydrogen-bond donors (Lipinski definition) is 1. The largest absolute Gasteiger partial charge is 0.312 e. The lowest BCUT2D eigenvalue weighted by Crippen LogP contribution is -2.34. The van der Waals surface area contributed by atoms with Gasteiger partial charge in [-0.2, -0.15) is 5.10 Å². The predicted octanol–water partition coefficient (Wildman–Crippen LogP) is 0.936. The highest BCUT2D eigenvalue weighted by molar-refractivity contribution is 7.89. The predicted molar refractivity (Wildman–Crippen MR) is 111 cm³/mol. The normalized spacial score (nSPS) is 17.7. The maximum atomic E-state index is 12.9. The zero-order valence-corrected chi connectivity index (χ0v) is 17.5. The summed E-state index contributed by atoms with van der Waals surface area (Å²) >= 11 is 0. The van der Waals surface area contributed by atoms with E-state index in [9.17, 15) is 18.0 Å². The number of carbonyl (C=O) groups is 1. The van der Waals surface area contributed by atoms with Crippen molar-refractivity contribution < 1.29 is 13.2 Å². The van der Waals surface area contributed by atoms with Gasteiger partial charge in [0.2, 0.25) is 15.9 Å². The van der Waals surface area contributed by atoms with Crippen LogP contribution in [0.1, 0.15) is 41.6 Å². The molecule has 2 aliphatic heterocycles. The average Bonchev–Trinajstić information content (AvgIpc) is 3.16. The Labute approximate surface area is 174 Å². The summed E-state index contributed by atoms with van der Waals surface area (Å²) in [5, 5.41) is 4.43.